The Morgan fingerprint density at radius 1 is 1.59 bits per heavy atom. The smallest absolute Gasteiger partial charge is 0.320 e. The normalized spacial score (nSPS) is 12.9. The Hall–Kier alpha value is -1.52. The lowest BCUT2D eigenvalue weighted by atomic mass is 10.0. The first kappa shape index (κ1) is 12.0. The van der Waals surface area contributed by atoms with Crippen LogP contribution >= 0.6 is 11.6 Å². The van der Waals surface area contributed by atoms with Crippen LogP contribution in [0.3, 0.4) is 0 Å². The van der Waals surface area contributed by atoms with E-state index in [9.17, 15) is 4.79 Å². The molecule has 0 amide bonds. The van der Waals surface area contributed by atoms with Gasteiger partial charge in [-0.3, -0.25) is 4.79 Å². The number of hydrogen-bond acceptors (Lipinski definition) is 2. The van der Waals surface area contributed by atoms with Gasteiger partial charge in [0.05, 0.1) is 0 Å². The predicted molar refractivity (Wildman–Crippen MR) is 67.4 cm³/mol. The van der Waals surface area contributed by atoms with Gasteiger partial charge in [0, 0.05) is 28.5 Å². The van der Waals surface area contributed by atoms with E-state index in [0.717, 1.165) is 22.0 Å². The minimum absolute atomic E-state index is 0.302. The molecule has 2 rings (SSSR count). The summed E-state index contributed by atoms with van der Waals surface area (Å²) in [6.45, 7) is 1.91. The highest BCUT2D eigenvalue weighted by molar-refractivity contribution is 6.32. The van der Waals surface area contributed by atoms with E-state index in [-0.39, 0.29) is 0 Å². The Morgan fingerprint density at radius 2 is 2.29 bits per heavy atom. The third kappa shape index (κ3) is 2.28. The molecule has 4 N–H and O–H groups in total. The monoisotopic (exact) mass is 252 g/mol. The van der Waals surface area contributed by atoms with Crippen molar-refractivity contribution in [1.82, 2.24) is 4.98 Å². The number of hydrogen-bond donors (Lipinski definition) is 3. The van der Waals surface area contributed by atoms with Crippen LogP contribution in [0.2, 0.25) is 5.02 Å². The summed E-state index contributed by atoms with van der Waals surface area (Å²) in [4.78, 5) is 13.8. The first-order valence-electron chi connectivity index (χ1n) is 5.23. The summed E-state index contributed by atoms with van der Waals surface area (Å²) in [5, 5.41) is 10.5. The van der Waals surface area contributed by atoms with Crippen LogP contribution in [0.4, 0.5) is 0 Å². The van der Waals surface area contributed by atoms with Gasteiger partial charge in [0.25, 0.3) is 0 Å². The highest BCUT2D eigenvalue weighted by atomic mass is 35.5. The summed E-state index contributed by atoms with van der Waals surface area (Å²) in [7, 11) is 0. The van der Waals surface area contributed by atoms with Gasteiger partial charge in [-0.2, -0.15) is 0 Å². The van der Waals surface area contributed by atoms with E-state index >= 15 is 0 Å². The molecule has 0 radical (unpaired) electrons. The van der Waals surface area contributed by atoms with Gasteiger partial charge in [0.1, 0.15) is 6.04 Å². The summed E-state index contributed by atoms with van der Waals surface area (Å²) in [5.74, 6) is -0.995. The van der Waals surface area contributed by atoms with Crippen LogP contribution in [0.5, 0.6) is 0 Å². The lowest BCUT2D eigenvalue weighted by molar-refractivity contribution is -0.138. The molecule has 5 heteroatoms. The number of fused-ring (bicyclic) bond motifs is 1. The highest BCUT2D eigenvalue weighted by Crippen LogP contribution is 2.26. The number of carboxylic acid groups (broad SMARTS) is 1. The second-order valence-electron chi connectivity index (χ2n) is 4.11. The number of nitrogens with one attached hydrogen (secondary N) is 1. The van der Waals surface area contributed by atoms with Crippen LogP contribution < -0.4 is 5.73 Å². The van der Waals surface area contributed by atoms with Crippen LogP contribution in [0, 0.1) is 6.92 Å². The number of aromatic amines is 1. The lowest BCUT2D eigenvalue weighted by Crippen LogP contribution is -2.32. The third-order valence-corrected chi connectivity index (χ3v) is 3.21. The van der Waals surface area contributed by atoms with Gasteiger partial charge in [-0.05, 0) is 30.2 Å². The molecule has 0 bridgehead atoms. The van der Waals surface area contributed by atoms with Crippen molar-refractivity contribution in [3.8, 4) is 0 Å². The molecule has 0 spiro atoms. The van der Waals surface area contributed by atoms with Crippen molar-refractivity contribution < 1.29 is 9.90 Å². The molecular formula is C12H13ClN2O2. The second kappa shape index (κ2) is 4.39. The number of aromatic nitrogens is 1. The maximum absolute atomic E-state index is 10.7. The van der Waals surface area contributed by atoms with E-state index in [4.69, 9.17) is 22.4 Å². The molecular weight excluding hydrogens is 240 g/mol. The van der Waals surface area contributed by atoms with Crippen molar-refractivity contribution in [3.63, 3.8) is 0 Å². The number of carboxylic acids is 1. The second-order valence-corrected chi connectivity index (χ2v) is 4.52. The van der Waals surface area contributed by atoms with Crippen molar-refractivity contribution in [1.29, 1.82) is 0 Å². The van der Waals surface area contributed by atoms with Gasteiger partial charge in [-0.25, -0.2) is 0 Å². The number of H-pyrrole nitrogens is 1. The number of carbonyl (C=O) groups is 1. The van der Waals surface area contributed by atoms with E-state index < -0.39 is 12.0 Å². The molecule has 0 saturated heterocycles. The maximum Gasteiger partial charge on any atom is 0.320 e. The minimum atomic E-state index is -0.995. The van der Waals surface area contributed by atoms with Gasteiger partial charge in [0.15, 0.2) is 0 Å². The largest absolute Gasteiger partial charge is 0.480 e. The first-order valence-corrected chi connectivity index (χ1v) is 5.61. The van der Waals surface area contributed by atoms with E-state index in [0.29, 0.717) is 11.4 Å². The van der Waals surface area contributed by atoms with Gasteiger partial charge < -0.3 is 15.8 Å². The zero-order valence-corrected chi connectivity index (χ0v) is 10.1. The molecule has 1 aromatic carbocycles. The summed E-state index contributed by atoms with van der Waals surface area (Å²) in [6, 6.07) is 2.89. The van der Waals surface area contributed by atoms with Crippen LogP contribution in [0.1, 0.15) is 11.1 Å². The molecule has 1 unspecified atom stereocenters. The van der Waals surface area contributed by atoms with Crippen molar-refractivity contribution in [2.75, 3.05) is 0 Å². The maximum atomic E-state index is 10.7. The topological polar surface area (TPSA) is 79.1 Å². The van der Waals surface area contributed by atoms with E-state index in [1.54, 1.807) is 6.20 Å². The lowest BCUT2D eigenvalue weighted by Gasteiger charge is -2.05. The van der Waals surface area contributed by atoms with Gasteiger partial charge >= 0.3 is 5.97 Å². The summed E-state index contributed by atoms with van der Waals surface area (Å²) < 4.78 is 0. The van der Waals surface area contributed by atoms with Gasteiger partial charge in [-0.15, -0.1) is 0 Å². The molecule has 17 heavy (non-hydrogen) atoms. The van der Waals surface area contributed by atoms with E-state index in [2.05, 4.69) is 4.98 Å². The number of rotatable bonds is 3. The number of aliphatic carboxylic acids is 1. The van der Waals surface area contributed by atoms with Crippen molar-refractivity contribution in [2.45, 2.75) is 19.4 Å². The SMILES string of the molecule is Cc1cc2c(CC(N)C(=O)O)c[nH]c2cc1Cl. The Morgan fingerprint density at radius 3 is 2.94 bits per heavy atom. The Kier molecular flexibility index (Phi) is 3.09. The summed E-state index contributed by atoms with van der Waals surface area (Å²) >= 11 is 6.01. The average Bonchev–Trinajstić information content (AvgIpc) is 2.62. The highest BCUT2D eigenvalue weighted by Gasteiger charge is 2.15. The van der Waals surface area contributed by atoms with Crippen LogP contribution in [-0.4, -0.2) is 22.1 Å². The Balaban J connectivity index is 2.42. The fourth-order valence-corrected chi connectivity index (χ4v) is 1.97. The molecule has 4 nitrogen and oxygen atoms in total. The number of aryl methyl sites for hydroxylation is 1. The number of benzene rings is 1. The zero-order valence-electron chi connectivity index (χ0n) is 9.33. The van der Waals surface area contributed by atoms with E-state index in [1.165, 1.54) is 0 Å². The fraction of sp³-hybridized carbons (Fsp3) is 0.250. The van der Waals surface area contributed by atoms with E-state index in [1.807, 2.05) is 19.1 Å². The third-order valence-electron chi connectivity index (χ3n) is 2.80. The summed E-state index contributed by atoms with van der Waals surface area (Å²) in [5.41, 5.74) is 8.28. The number of nitrogens with two attached hydrogens (primary N) is 1. The van der Waals surface area contributed by atoms with Gasteiger partial charge in [-0.1, -0.05) is 11.6 Å². The molecule has 90 valence electrons. The molecule has 0 aliphatic heterocycles. The van der Waals surface area contributed by atoms with Crippen molar-refractivity contribution in [2.24, 2.45) is 5.73 Å². The predicted octanol–water partition coefficient (Wildman–Crippen LogP) is 2.08. The van der Waals surface area contributed by atoms with Crippen molar-refractivity contribution in [3.05, 3.63) is 34.5 Å². The number of halogens is 1. The molecule has 0 aliphatic carbocycles. The molecule has 0 aliphatic rings. The molecule has 0 saturated carbocycles. The molecule has 2 aromatic rings. The van der Waals surface area contributed by atoms with Gasteiger partial charge in [0.2, 0.25) is 0 Å². The minimum Gasteiger partial charge on any atom is -0.480 e. The molecule has 1 atom stereocenters. The standard InChI is InChI=1S/C12H13ClN2O2/c1-6-2-8-7(3-10(14)12(16)17)5-15-11(8)4-9(6)13/h2,4-5,10,15H,3,14H2,1H3,(H,16,17). The first-order chi connectivity index (χ1) is 7.99. The fourth-order valence-electron chi connectivity index (χ4n) is 1.80. The zero-order chi connectivity index (χ0) is 12.6. The Labute approximate surface area is 103 Å². The Bertz CT molecular complexity index is 577. The van der Waals surface area contributed by atoms with Crippen molar-refractivity contribution >= 4 is 28.5 Å². The molecule has 0 fully saturated rings. The average molecular weight is 253 g/mol. The van der Waals surface area contributed by atoms with Crippen LogP contribution in [0.25, 0.3) is 10.9 Å². The van der Waals surface area contributed by atoms with Crippen LogP contribution in [-0.2, 0) is 11.2 Å². The molecule has 1 heterocycles. The quantitative estimate of drug-likeness (QED) is 0.783. The molecule has 1 aromatic heterocycles. The summed E-state index contributed by atoms with van der Waals surface area (Å²) in [6.07, 6.45) is 2.08. The van der Waals surface area contributed by atoms with Crippen LogP contribution in [0.15, 0.2) is 18.3 Å².